The molecule has 1 aliphatic rings. The first-order valence-corrected chi connectivity index (χ1v) is 7.79. The number of rotatable bonds is 4. The van der Waals surface area contributed by atoms with Gasteiger partial charge in [0.25, 0.3) is 0 Å². The van der Waals surface area contributed by atoms with Gasteiger partial charge in [-0.1, -0.05) is 19.3 Å². The zero-order chi connectivity index (χ0) is 14.7. The van der Waals surface area contributed by atoms with Gasteiger partial charge < -0.3 is 10.0 Å². The summed E-state index contributed by atoms with van der Waals surface area (Å²) in [5, 5.41) is 9.97. The summed E-state index contributed by atoms with van der Waals surface area (Å²) in [6.07, 6.45) is 5.61. The summed E-state index contributed by atoms with van der Waals surface area (Å²) in [7, 11) is 0. The first-order valence-electron chi connectivity index (χ1n) is 7.79. The van der Waals surface area contributed by atoms with Crippen molar-refractivity contribution in [2.75, 3.05) is 11.4 Å². The first kappa shape index (κ1) is 15.3. The van der Waals surface area contributed by atoms with Gasteiger partial charge in [-0.25, -0.2) is 4.39 Å². The Hall–Kier alpha value is -1.09. The quantitative estimate of drug-likeness (QED) is 0.886. The SMILES string of the molecule is CCN(c1cc(C)c(F)cc1[C@H](C)O)C1CCCCC1. The Bertz CT molecular complexity index is 453. The van der Waals surface area contributed by atoms with E-state index in [1.54, 1.807) is 13.8 Å². The van der Waals surface area contributed by atoms with Gasteiger partial charge in [0.2, 0.25) is 0 Å². The molecule has 0 aromatic heterocycles. The van der Waals surface area contributed by atoms with Gasteiger partial charge in [-0.05, 0) is 51.3 Å². The molecule has 1 aliphatic carbocycles. The lowest BCUT2D eigenvalue weighted by Crippen LogP contribution is -2.37. The Kier molecular flexibility index (Phi) is 5.03. The topological polar surface area (TPSA) is 23.5 Å². The molecule has 0 radical (unpaired) electrons. The fourth-order valence-corrected chi connectivity index (χ4v) is 3.28. The minimum Gasteiger partial charge on any atom is -0.389 e. The van der Waals surface area contributed by atoms with Gasteiger partial charge in [0, 0.05) is 23.8 Å². The summed E-state index contributed by atoms with van der Waals surface area (Å²) in [6.45, 7) is 6.54. The fourth-order valence-electron chi connectivity index (χ4n) is 3.28. The van der Waals surface area contributed by atoms with Gasteiger partial charge in [-0.15, -0.1) is 0 Å². The van der Waals surface area contributed by atoms with Crippen LogP contribution in [0.2, 0.25) is 0 Å². The molecule has 1 aromatic rings. The molecule has 0 aliphatic heterocycles. The first-order chi connectivity index (χ1) is 9.54. The van der Waals surface area contributed by atoms with Crippen molar-refractivity contribution in [2.45, 2.75) is 65.0 Å². The molecular weight excluding hydrogens is 253 g/mol. The third kappa shape index (κ3) is 3.14. The Balaban J connectivity index is 2.39. The Morgan fingerprint density at radius 2 is 1.95 bits per heavy atom. The molecule has 1 fully saturated rings. The average molecular weight is 279 g/mol. The highest BCUT2D eigenvalue weighted by atomic mass is 19.1. The maximum absolute atomic E-state index is 13.8. The molecule has 2 nitrogen and oxygen atoms in total. The van der Waals surface area contributed by atoms with E-state index in [0.717, 1.165) is 12.2 Å². The van der Waals surface area contributed by atoms with Gasteiger partial charge in [-0.2, -0.15) is 0 Å². The maximum atomic E-state index is 13.8. The van der Waals surface area contributed by atoms with Crippen LogP contribution in [0.25, 0.3) is 0 Å². The van der Waals surface area contributed by atoms with E-state index in [4.69, 9.17) is 0 Å². The second-order valence-electron chi connectivity index (χ2n) is 5.91. The molecule has 3 heteroatoms. The molecule has 0 unspecified atom stereocenters. The molecule has 20 heavy (non-hydrogen) atoms. The molecule has 0 heterocycles. The number of halogens is 1. The highest BCUT2D eigenvalue weighted by Gasteiger charge is 2.24. The van der Waals surface area contributed by atoms with Crippen LogP contribution in [0.3, 0.4) is 0 Å². The van der Waals surface area contributed by atoms with Gasteiger partial charge in [0.1, 0.15) is 5.82 Å². The van der Waals surface area contributed by atoms with E-state index in [0.29, 0.717) is 17.2 Å². The summed E-state index contributed by atoms with van der Waals surface area (Å²) in [6, 6.07) is 3.92. The zero-order valence-electron chi connectivity index (χ0n) is 12.8. The Labute approximate surface area is 121 Å². The van der Waals surface area contributed by atoms with Crippen molar-refractivity contribution in [3.05, 3.63) is 29.1 Å². The minimum atomic E-state index is -0.641. The van der Waals surface area contributed by atoms with E-state index in [1.807, 2.05) is 6.07 Å². The van der Waals surface area contributed by atoms with Crippen LogP contribution >= 0.6 is 0 Å². The lowest BCUT2D eigenvalue weighted by Gasteiger charge is -2.37. The van der Waals surface area contributed by atoms with Crippen molar-refractivity contribution >= 4 is 5.69 Å². The molecule has 1 N–H and O–H groups in total. The van der Waals surface area contributed by atoms with Crippen molar-refractivity contribution in [1.82, 2.24) is 0 Å². The summed E-state index contributed by atoms with van der Waals surface area (Å²) in [5.74, 6) is -0.232. The van der Waals surface area contributed by atoms with Crippen LogP contribution in [-0.2, 0) is 0 Å². The molecule has 1 aromatic carbocycles. The van der Waals surface area contributed by atoms with Gasteiger partial charge >= 0.3 is 0 Å². The highest BCUT2D eigenvalue weighted by Crippen LogP contribution is 2.34. The monoisotopic (exact) mass is 279 g/mol. The standard InChI is InChI=1S/C17H26FNO/c1-4-19(14-8-6-5-7-9-14)17-10-12(2)16(18)11-15(17)13(3)20/h10-11,13-14,20H,4-9H2,1-3H3/t13-/m0/s1. The van der Waals surface area contributed by atoms with E-state index in [2.05, 4.69) is 11.8 Å². The van der Waals surface area contributed by atoms with Crippen LogP contribution in [0.5, 0.6) is 0 Å². The molecule has 0 amide bonds. The summed E-state index contributed by atoms with van der Waals surface area (Å²) in [5.41, 5.74) is 2.37. The van der Waals surface area contributed by atoms with Gasteiger partial charge in [0.05, 0.1) is 6.10 Å². The predicted molar refractivity (Wildman–Crippen MR) is 81.7 cm³/mol. The van der Waals surface area contributed by atoms with Crippen LogP contribution in [0.4, 0.5) is 10.1 Å². The van der Waals surface area contributed by atoms with Crippen molar-refractivity contribution in [3.63, 3.8) is 0 Å². The average Bonchev–Trinajstić information content (AvgIpc) is 2.44. The second kappa shape index (κ2) is 6.57. The lowest BCUT2D eigenvalue weighted by atomic mass is 9.92. The molecule has 2 rings (SSSR count). The summed E-state index contributed by atoms with van der Waals surface area (Å²) >= 11 is 0. The number of nitrogens with zero attached hydrogens (tertiary/aromatic N) is 1. The number of anilines is 1. The minimum absolute atomic E-state index is 0.232. The number of aliphatic hydroxyl groups is 1. The van der Waals surface area contributed by atoms with Crippen molar-refractivity contribution in [1.29, 1.82) is 0 Å². The summed E-state index contributed by atoms with van der Waals surface area (Å²) < 4.78 is 13.8. The predicted octanol–water partition coefficient (Wildman–Crippen LogP) is 4.35. The highest BCUT2D eigenvalue weighted by molar-refractivity contribution is 5.57. The van der Waals surface area contributed by atoms with Crippen LogP contribution in [0.1, 0.15) is 63.2 Å². The normalized spacial score (nSPS) is 18.1. The van der Waals surface area contributed by atoms with Gasteiger partial charge in [-0.3, -0.25) is 0 Å². The fraction of sp³-hybridized carbons (Fsp3) is 0.647. The molecule has 0 saturated heterocycles. The van der Waals surface area contributed by atoms with Crippen LogP contribution in [-0.4, -0.2) is 17.7 Å². The second-order valence-corrected chi connectivity index (χ2v) is 5.91. The van der Waals surface area contributed by atoms with Crippen molar-refractivity contribution < 1.29 is 9.50 Å². The van der Waals surface area contributed by atoms with Gasteiger partial charge in [0.15, 0.2) is 0 Å². The van der Waals surface area contributed by atoms with Crippen molar-refractivity contribution in [2.24, 2.45) is 0 Å². The number of aryl methyl sites for hydroxylation is 1. The molecule has 0 bridgehead atoms. The number of benzene rings is 1. The van der Waals surface area contributed by atoms with E-state index in [-0.39, 0.29) is 5.82 Å². The zero-order valence-corrected chi connectivity index (χ0v) is 12.8. The largest absolute Gasteiger partial charge is 0.389 e. The summed E-state index contributed by atoms with van der Waals surface area (Å²) in [4.78, 5) is 2.35. The lowest BCUT2D eigenvalue weighted by molar-refractivity contribution is 0.199. The van der Waals surface area contributed by atoms with E-state index in [9.17, 15) is 9.50 Å². The molecule has 112 valence electrons. The number of hydrogen-bond acceptors (Lipinski definition) is 2. The maximum Gasteiger partial charge on any atom is 0.126 e. The molecule has 0 spiro atoms. The van der Waals surface area contributed by atoms with Crippen LogP contribution in [0, 0.1) is 12.7 Å². The van der Waals surface area contributed by atoms with E-state index in [1.165, 1.54) is 38.2 Å². The van der Waals surface area contributed by atoms with Crippen molar-refractivity contribution in [3.8, 4) is 0 Å². The third-order valence-corrected chi connectivity index (χ3v) is 4.42. The molecular formula is C17H26FNO. The van der Waals surface area contributed by atoms with E-state index >= 15 is 0 Å². The number of hydrogen-bond donors (Lipinski definition) is 1. The van der Waals surface area contributed by atoms with E-state index < -0.39 is 6.10 Å². The Morgan fingerprint density at radius 3 is 2.50 bits per heavy atom. The molecule has 1 saturated carbocycles. The smallest absolute Gasteiger partial charge is 0.126 e. The Morgan fingerprint density at radius 1 is 1.30 bits per heavy atom. The van der Waals surface area contributed by atoms with Crippen LogP contribution in [0.15, 0.2) is 12.1 Å². The third-order valence-electron chi connectivity index (χ3n) is 4.42. The molecule has 1 atom stereocenters. The van der Waals surface area contributed by atoms with Crippen LogP contribution < -0.4 is 4.90 Å². The number of aliphatic hydroxyl groups excluding tert-OH is 1.